The summed E-state index contributed by atoms with van der Waals surface area (Å²) in [5, 5.41) is 10.1. The summed E-state index contributed by atoms with van der Waals surface area (Å²) < 4.78 is 43.2. The Kier molecular flexibility index (Phi) is 7.14. The lowest BCUT2D eigenvalue weighted by atomic mass is 10.1. The van der Waals surface area contributed by atoms with Crippen LogP contribution in [0.4, 0.5) is 13.2 Å². The first-order chi connectivity index (χ1) is 9.88. The highest BCUT2D eigenvalue weighted by atomic mass is 19.4. The second-order valence-electron chi connectivity index (χ2n) is 4.73. The van der Waals surface area contributed by atoms with Gasteiger partial charge in [0.1, 0.15) is 0 Å². The van der Waals surface area contributed by atoms with Crippen LogP contribution in [0.2, 0.25) is 0 Å². The molecule has 120 valence electrons. The highest BCUT2D eigenvalue weighted by Gasteiger charge is 2.30. The van der Waals surface area contributed by atoms with Gasteiger partial charge in [0, 0.05) is 19.7 Å². The van der Waals surface area contributed by atoms with E-state index in [4.69, 9.17) is 4.74 Å². The van der Waals surface area contributed by atoms with Crippen molar-refractivity contribution >= 4 is 0 Å². The Morgan fingerprint density at radius 2 is 2.00 bits per heavy atom. The molecule has 0 amide bonds. The maximum atomic E-state index is 12.7. The maximum absolute atomic E-state index is 12.7. The van der Waals surface area contributed by atoms with E-state index < -0.39 is 17.8 Å². The monoisotopic (exact) mass is 305 g/mol. The first kappa shape index (κ1) is 17.9. The molecule has 3 nitrogen and oxygen atoms in total. The topological polar surface area (TPSA) is 32.7 Å². The highest BCUT2D eigenvalue weighted by Crippen LogP contribution is 2.30. The fourth-order valence-corrected chi connectivity index (χ4v) is 1.99. The number of hydrogen-bond acceptors (Lipinski definition) is 3. The van der Waals surface area contributed by atoms with E-state index in [2.05, 4.69) is 0 Å². The second-order valence-corrected chi connectivity index (χ2v) is 4.73. The summed E-state index contributed by atoms with van der Waals surface area (Å²) in [6.07, 6.45) is -5.34. The van der Waals surface area contributed by atoms with Crippen molar-refractivity contribution in [3.63, 3.8) is 0 Å². The molecule has 1 N–H and O–H groups in total. The van der Waals surface area contributed by atoms with Crippen molar-refractivity contribution in [2.24, 2.45) is 0 Å². The number of hydrogen-bond donors (Lipinski definition) is 1. The van der Waals surface area contributed by atoms with Crippen LogP contribution < -0.4 is 0 Å². The van der Waals surface area contributed by atoms with Crippen LogP contribution in [-0.2, 0) is 10.9 Å². The zero-order chi connectivity index (χ0) is 15.9. The van der Waals surface area contributed by atoms with Crippen molar-refractivity contribution in [1.29, 1.82) is 0 Å². The first-order valence-corrected chi connectivity index (χ1v) is 7.03. The minimum atomic E-state index is -4.39. The molecule has 1 aromatic rings. The molecule has 0 aromatic heterocycles. The van der Waals surface area contributed by atoms with Crippen LogP contribution in [0.5, 0.6) is 0 Å². The summed E-state index contributed by atoms with van der Waals surface area (Å²) in [6, 6.07) is 4.83. The van der Waals surface area contributed by atoms with Crippen LogP contribution in [0.3, 0.4) is 0 Å². The van der Waals surface area contributed by atoms with Gasteiger partial charge < -0.3 is 9.84 Å². The third kappa shape index (κ3) is 6.03. The van der Waals surface area contributed by atoms with E-state index in [9.17, 15) is 18.3 Å². The molecule has 0 saturated heterocycles. The average Bonchev–Trinajstić information content (AvgIpc) is 2.45. The number of aliphatic hydroxyl groups is 1. The van der Waals surface area contributed by atoms with Gasteiger partial charge in [-0.15, -0.1) is 0 Å². The Hall–Kier alpha value is -1.11. The maximum Gasteiger partial charge on any atom is 0.416 e. The number of benzene rings is 1. The standard InChI is InChI=1S/C15H22F3NO2/c1-3-19(8-9-21-4-2)11-14(20)12-6-5-7-13(10-12)15(16,17)18/h5-7,10,14,20H,3-4,8-9,11H2,1-2H3. The molecular formula is C15H22F3NO2. The Morgan fingerprint density at radius 1 is 1.29 bits per heavy atom. The molecule has 1 unspecified atom stereocenters. The molecule has 1 aromatic carbocycles. The fourth-order valence-electron chi connectivity index (χ4n) is 1.99. The molecule has 0 radical (unpaired) electrons. The largest absolute Gasteiger partial charge is 0.416 e. The van der Waals surface area contributed by atoms with Crippen molar-refractivity contribution in [2.45, 2.75) is 26.1 Å². The molecular weight excluding hydrogens is 283 g/mol. The Balaban J connectivity index is 2.67. The number of alkyl halides is 3. The lowest BCUT2D eigenvalue weighted by Gasteiger charge is -2.24. The number of likely N-dealkylation sites (N-methyl/N-ethyl adjacent to an activating group) is 1. The molecule has 6 heteroatoms. The summed E-state index contributed by atoms with van der Waals surface area (Å²) in [6.45, 7) is 6.61. The molecule has 0 saturated carbocycles. The van der Waals surface area contributed by atoms with Crippen molar-refractivity contribution < 1.29 is 23.0 Å². The van der Waals surface area contributed by atoms with Crippen LogP contribution in [0.1, 0.15) is 31.1 Å². The van der Waals surface area contributed by atoms with Crippen LogP contribution in [0.15, 0.2) is 24.3 Å². The molecule has 0 spiro atoms. The van der Waals surface area contributed by atoms with E-state index in [1.807, 2.05) is 18.7 Å². The van der Waals surface area contributed by atoms with Gasteiger partial charge in [0.25, 0.3) is 0 Å². The van der Waals surface area contributed by atoms with Crippen molar-refractivity contribution in [1.82, 2.24) is 4.90 Å². The summed E-state index contributed by atoms with van der Waals surface area (Å²) in [5.41, 5.74) is -0.462. The molecule has 0 bridgehead atoms. The van der Waals surface area contributed by atoms with Gasteiger partial charge in [-0.05, 0) is 31.2 Å². The molecule has 0 aliphatic heterocycles. The van der Waals surface area contributed by atoms with Crippen LogP contribution in [0.25, 0.3) is 0 Å². The fraction of sp³-hybridized carbons (Fsp3) is 0.600. The van der Waals surface area contributed by atoms with Gasteiger partial charge in [-0.1, -0.05) is 19.1 Å². The number of rotatable bonds is 8. The van der Waals surface area contributed by atoms with E-state index in [0.717, 1.165) is 12.1 Å². The van der Waals surface area contributed by atoms with Crippen molar-refractivity contribution in [3.8, 4) is 0 Å². The first-order valence-electron chi connectivity index (χ1n) is 7.03. The zero-order valence-electron chi connectivity index (χ0n) is 12.4. The lowest BCUT2D eigenvalue weighted by molar-refractivity contribution is -0.137. The number of ether oxygens (including phenoxy) is 1. The van der Waals surface area contributed by atoms with E-state index in [-0.39, 0.29) is 12.1 Å². The second kappa shape index (κ2) is 8.36. The Labute approximate surface area is 123 Å². The van der Waals surface area contributed by atoms with Gasteiger partial charge in [0.05, 0.1) is 18.3 Å². The normalized spacial score (nSPS) is 13.7. The van der Waals surface area contributed by atoms with E-state index in [1.165, 1.54) is 12.1 Å². The molecule has 1 atom stereocenters. The van der Waals surface area contributed by atoms with Crippen molar-refractivity contribution in [3.05, 3.63) is 35.4 Å². The average molecular weight is 305 g/mol. The van der Waals surface area contributed by atoms with Gasteiger partial charge in [0.15, 0.2) is 0 Å². The van der Waals surface area contributed by atoms with Gasteiger partial charge in [-0.2, -0.15) is 13.2 Å². The number of nitrogens with zero attached hydrogens (tertiary/aromatic N) is 1. The smallest absolute Gasteiger partial charge is 0.387 e. The van der Waals surface area contributed by atoms with Crippen molar-refractivity contribution in [2.75, 3.05) is 32.8 Å². The highest BCUT2D eigenvalue weighted by molar-refractivity contribution is 5.27. The minimum Gasteiger partial charge on any atom is -0.387 e. The summed E-state index contributed by atoms with van der Waals surface area (Å²) >= 11 is 0. The number of aliphatic hydroxyl groups excluding tert-OH is 1. The summed E-state index contributed by atoms with van der Waals surface area (Å²) in [4.78, 5) is 1.95. The molecule has 0 aliphatic rings. The summed E-state index contributed by atoms with van der Waals surface area (Å²) in [7, 11) is 0. The van der Waals surface area contributed by atoms with Crippen LogP contribution in [0, 0.1) is 0 Å². The van der Waals surface area contributed by atoms with E-state index in [1.54, 1.807) is 0 Å². The Morgan fingerprint density at radius 3 is 2.57 bits per heavy atom. The quantitative estimate of drug-likeness (QED) is 0.749. The van der Waals surface area contributed by atoms with Crippen LogP contribution >= 0.6 is 0 Å². The van der Waals surface area contributed by atoms with Crippen LogP contribution in [-0.4, -0.2) is 42.9 Å². The van der Waals surface area contributed by atoms with Gasteiger partial charge in [-0.3, -0.25) is 4.90 Å². The van der Waals surface area contributed by atoms with Gasteiger partial charge in [-0.25, -0.2) is 0 Å². The lowest BCUT2D eigenvalue weighted by Crippen LogP contribution is -2.31. The third-order valence-corrected chi connectivity index (χ3v) is 3.23. The van der Waals surface area contributed by atoms with E-state index in [0.29, 0.717) is 26.3 Å². The molecule has 0 aliphatic carbocycles. The summed E-state index contributed by atoms with van der Waals surface area (Å²) in [5.74, 6) is 0. The predicted octanol–water partition coefficient (Wildman–Crippen LogP) is 3.10. The predicted molar refractivity (Wildman–Crippen MR) is 75.0 cm³/mol. The SMILES string of the molecule is CCOCCN(CC)CC(O)c1cccc(C(F)(F)F)c1. The van der Waals surface area contributed by atoms with E-state index >= 15 is 0 Å². The zero-order valence-corrected chi connectivity index (χ0v) is 12.4. The Bertz CT molecular complexity index is 424. The number of halogens is 3. The molecule has 1 rings (SSSR count). The molecule has 0 fully saturated rings. The third-order valence-electron chi connectivity index (χ3n) is 3.23. The van der Waals surface area contributed by atoms with Gasteiger partial charge >= 0.3 is 6.18 Å². The molecule has 21 heavy (non-hydrogen) atoms. The molecule has 0 heterocycles. The minimum absolute atomic E-state index is 0.277. The van der Waals surface area contributed by atoms with Gasteiger partial charge in [0.2, 0.25) is 0 Å².